The first-order valence-electron chi connectivity index (χ1n) is 5.70. The second-order valence-electron chi connectivity index (χ2n) is 3.79. The highest BCUT2D eigenvalue weighted by Gasteiger charge is 2.00. The number of rotatable bonds is 3. The molecule has 0 aromatic heterocycles. The Morgan fingerprint density at radius 3 is 2.68 bits per heavy atom. The zero-order valence-corrected chi connectivity index (χ0v) is 10.1. The standard InChI is InChI=1S/C16H11FO2/c17-15-9-14(12-18)10-16(11-15)19-8-4-7-13-5-2-1-3-6-13/h1-3,5-6,9-12H,8H2. The zero-order valence-electron chi connectivity index (χ0n) is 10.1. The molecule has 0 N–H and O–H groups in total. The summed E-state index contributed by atoms with van der Waals surface area (Å²) in [4.78, 5) is 10.6. The second kappa shape index (κ2) is 6.36. The van der Waals surface area contributed by atoms with E-state index in [0.29, 0.717) is 12.0 Å². The van der Waals surface area contributed by atoms with Gasteiger partial charge in [-0.3, -0.25) is 4.79 Å². The third-order valence-corrected chi connectivity index (χ3v) is 2.35. The van der Waals surface area contributed by atoms with Crippen LogP contribution < -0.4 is 4.74 Å². The predicted octanol–water partition coefficient (Wildman–Crippen LogP) is 3.07. The predicted molar refractivity (Wildman–Crippen MR) is 70.6 cm³/mol. The van der Waals surface area contributed by atoms with Crippen LogP contribution in [0.5, 0.6) is 5.75 Å². The third kappa shape index (κ3) is 3.97. The van der Waals surface area contributed by atoms with Crippen LogP contribution in [-0.4, -0.2) is 12.9 Å². The molecule has 19 heavy (non-hydrogen) atoms. The molecule has 2 nitrogen and oxygen atoms in total. The maximum atomic E-state index is 13.1. The molecule has 0 saturated heterocycles. The van der Waals surface area contributed by atoms with E-state index >= 15 is 0 Å². The molecule has 0 aliphatic carbocycles. The van der Waals surface area contributed by atoms with Crippen molar-refractivity contribution in [1.82, 2.24) is 0 Å². The van der Waals surface area contributed by atoms with Crippen molar-refractivity contribution in [1.29, 1.82) is 0 Å². The molecule has 94 valence electrons. The minimum Gasteiger partial charge on any atom is -0.481 e. The van der Waals surface area contributed by atoms with E-state index in [1.165, 1.54) is 12.1 Å². The number of carbonyl (C=O) groups excluding carboxylic acids is 1. The first-order valence-corrected chi connectivity index (χ1v) is 5.70. The third-order valence-electron chi connectivity index (χ3n) is 2.35. The molecule has 2 aromatic carbocycles. The van der Waals surface area contributed by atoms with Crippen LogP contribution in [0.1, 0.15) is 15.9 Å². The van der Waals surface area contributed by atoms with E-state index in [9.17, 15) is 9.18 Å². The highest BCUT2D eigenvalue weighted by molar-refractivity contribution is 5.75. The van der Waals surface area contributed by atoms with Crippen LogP contribution in [0.4, 0.5) is 4.39 Å². The Kier molecular flexibility index (Phi) is 4.30. The molecule has 0 aliphatic rings. The lowest BCUT2D eigenvalue weighted by molar-refractivity contribution is 0.112. The zero-order chi connectivity index (χ0) is 13.5. The molecule has 0 spiro atoms. The van der Waals surface area contributed by atoms with Gasteiger partial charge in [-0.05, 0) is 24.3 Å². The molecular weight excluding hydrogens is 243 g/mol. The SMILES string of the molecule is O=Cc1cc(F)cc(OCC#Cc2ccccc2)c1. The van der Waals surface area contributed by atoms with Gasteiger partial charge in [0, 0.05) is 17.2 Å². The molecule has 0 unspecified atom stereocenters. The average molecular weight is 254 g/mol. The number of ether oxygens (including phenoxy) is 1. The highest BCUT2D eigenvalue weighted by Crippen LogP contribution is 2.15. The summed E-state index contributed by atoms with van der Waals surface area (Å²) in [6, 6.07) is 13.3. The molecule has 0 saturated carbocycles. The fourth-order valence-corrected chi connectivity index (χ4v) is 1.51. The van der Waals surface area contributed by atoms with Crippen molar-refractivity contribution in [2.75, 3.05) is 6.61 Å². The van der Waals surface area contributed by atoms with Crippen molar-refractivity contribution in [2.45, 2.75) is 0 Å². The minimum absolute atomic E-state index is 0.136. The van der Waals surface area contributed by atoms with Gasteiger partial charge in [0.05, 0.1) is 0 Å². The molecule has 0 radical (unpaired) electrons. The van der Waals surface area contributed by atoms with E-state index in [-0.39, 0.29) is 12.2 Å². The van der Waals surface area contributed by atoms with Gasteiger partial charge in [-0.25, -0.2) is 4.39 Å². The Morgan fingerprint density at radius 1 is 1.16 bits per heavy atom. The van der Waals surface area contributed by atoms with Crippen LogP contribution >= 0.6 is 0 Å². The van der Waals surface area contributed by atoms with Gasteiger partial charge < -0.3 is 4.74 Å². The van der Waals surface area contributed by atoms with Crippen LogP contribution in [0.15, 0.2) is 48.5 Å². The Bertz CT molecular complexity index is 624. The molecule has 0 amide bonds. The van der Waals surface area contributed by atoms with Crippen LogP contribution in [-0.2, 0) is 0 Å². The van der Waals surface area contributed by atoms with Crippen molar-refractivity contribution in [3.8, 4) is 17.6 Å². The Balaban J connectivity index is 1.98. The summed E-state index contributed by atoms with van der Waals surface area (Å²) in [6.45, 7) is 0.136. The molecule has 2 aromatic rings. The lowest BCUT2D eigenvalue weighted by Crippen LogP contribution is -1.96. The largest absolute Gasteiger partial charge is 0.481 e. The van der Waals surface area contributed by atoms with Crippen molar-refractivity contribution in [2.24, 2.45) is 0 Å². The van der Waals surface area contributed by atoms with E-state index in [0.717, 1.165) is 11.6 Å². The fourth-order valence-electron chi connectivity index (χ4n) is 1.51. The van der Waals surface area contributed by atoms with Gasteiger partial charge in [0.25, 0.3) is 0 Å². The number of halogens is 1. The Morgan fingerprint density at radius 2 is 1.95 bits per heavy atom. The van der Waals surface area contributed by atoms with Crippen LogP contribution in [0.25, 0.3) is 0 Å². The summed E-state index contributed by atoms with van der Waals surface area (Å²) in [5.74, 6) is 5.54. The minimum atomic E-state index is -0.504. The smallest absolute Gasteiger partial charge is 0.150 e. The molecular formula is C16H11FO2. The van der Waals surface area contributed by atoms with E-state index in [2.05, 4.69) is 11.8 Å². The van der Waals surface area contributed by atoms with Crippen molar-refractivity contribution in [3.05, 3.63) is 65.5 Å². The summed E-state index contributed by atoms with van der Waals surface area (Å²) in [5, 5.41) is 0. The number of hydrogen-bond donors (Lipinski definition) is 0. The summed E-state index contributed by atoms with van der Waals surface area (Å²) in [6.07, 6.45) is 0.575. The van der Waals surface area contributed by atoms with E-state index in [1.54, 1.807) is 0 Å². The van der Waals surface area contributed by atoms with Gasteiger partial charge in [-0.1, -0.05) is 30.0 Å². The van der Waals surface area contributed by atoms with Gasteiger partial charge in [0.15, 0.2) is 0 Å². The number of hydrogen-bond acceptors (Lipinski definition) is 2. The van der Waals surface area contributed by atoms with Gasteiger partial charge in [0.1, 0.15) is 24.5 Å². The summed E-state index contributed by atoms with van der Waals surface area (Å²) in [7, 11) is 0. The van der Waals surface area contributed by atoms with Crippen molar-refractivity contribution >= 4 is 6.29 Å². The van der Waals surface area contributed by atoms with Gasteiger partial charge in [-0.2, -0.15) is 0 Å². The maximum absolute atomic E-state index is 13.1. The second-order valence-corrected chi connectivity index (χ2v) is 3.79. The van der Waals surface area contributed by atoms with E-state index in [1.807, 2.05) is 30.3 Å². The summed E-state index contributed by atoms with van der Waals surface area (Å²) < 4.78 is 18.4. The van der Waals surface area contributed by atoms with E-state index in [4.69, 9.17) is 4.74 Å². The molecule has 0 aliphatic heterocycles. The number of aldehydes is 1. The monoisotopic (exact) mass is 254 g/mol. The van der Waals surface area contributed by atoms with Gasteiger partial charge >= 0.3 is 0 Å². The number of carbonyl (C=O) groups is 1. The Hall–Kier alpha value is -2.60. The lowest BCUT2D eigenvalue weighted by atomic mass is 10.2. The summed E-state index contributed by atoms with van der Waals surface area (Å²) in [5.41, 5.74) is 1.13. The summed E-state index contributed by atoms with van der Waals surface area (Å²) >= 11 is 0. The molecule has 0 atom stereocenters. The first-order chi connectivity index (χ1) is 9.28. The highest BCUT2D eigenvalue weighted by atomic mass is 19.1. The quantitative estimate of drug-likeness (QED) is 0.621. The molecule has 0 bridgehead atoms. The topological polar surface area (TPSA) is 26.3 Å². The van der Waals surface area contributed by atoms with Crippen molar-refractivity contribution in [3.63, 3.8) is 0 Å². The maximum Gasteiger partial charge on any atom is 0.150 e. The van der Waals surface area contributed by atoms with Gasteiger partial charge in [0.2, 0.25) is 0 Å². The van der Waals surface area contributed by atoms with Crippen LogP contribution in [0, 0.1) is 17.7 Å². The van der Waals surface area contributed by atoms with E-state index < -0.39 is 5.82 Å². The number of benzene rings is 2. The van der Waals surface area contributed by atoms with Crippen LogP contribution in [0.2, 0.25) is 0 Å². The normalized spacial score (nSPS) is 9.32. The molecule has 2 rings (SSSR count). The first kappa shape index (κ1) is 12.8. The average Bonchev–Trinajstić information content (AvgIpc) is 2.44. The molecule has 0 heterocycles. The Labute approximate surface area is 110 Å². The molecule has 3 heteroatoms. The molecule has 0 fully saturated rings. The van der Waals surface area contributed by atoms with Crippen molar-refractivity contribution < 1.29 is 13.9 Å². The lowest BCUT2D eigenvalue weighted by Gasteiger charge is -2.02. The van der Waals surface area contributed by atoms with Gasteiger partial charge in [-0.15, -0.1) is 0 Å². The fraction of sp³-hybridized carbons (Fsp3) is 0.0625. The van der Waals surface area contributed by atoms with Crippen LogP contribution in [0.3, 0.4) is 0 Å².